The van der Waals surface area contributed by atoms with Crippen molar-refractivity contribution >= 4 is 23.1 Å². The van der Waals surface area contributed by atoms with Crippen LogP contribution in [0.4, 0.5) is 0 Å². The van der Waals surface area contributed by atoms with Crippen LogP contribution in [0, 0.1) is 0 Å². The van der Waals surface area contributed by atoms with E-state index in [1.807, 2.05) is 42.5 Å². The van der Waals surface area contributed by atoms with Gasteiger partial charge in [0.05, 0.1) is 27.4 Å². The van der Waals surface area contributed by atoms with Crippen molar-refractivity contribution in [2.45, 2.75) is 0 Å². The number of benzene rings is 2. The molecule has 0 saturated carbocycles. The Labute approximate surface area is 164 Å². The molecule has 2 aromatic carbocycles. The molecule has 3 rings (SSSR count). The van der Waals surface area contributed by atoms with Gasteiger partial charge in [-0.1, -0.05) is 29.8 Å². The number of ether oxygens (including phenoxy) is 3. The molecule has 0 unspecified atom stereocenters. The molecule has 5 nitrogen and oxygen atoms in total. The maximum atomic E-state index is 12.8. The number of halogens is 1. The van der Waals surface area contributed by atoms with Gasteiger partial charge in [0.15, 0.2) is 11.5 Å². The second-order valence-corrected chi connectivity index (χ2v) is 6.51. The van der Waals surface area contributed by atoms with Crippen molar-refractivity contribution in [2.75, 3.05) is 40.5 Å². The van der Waals surface area contributed by atoms with Crippen LogP contribution in [-0.4, -0.2) is 51.3 Å². The van der Waals surface area contributed by atoms with Crippen molar-refractivity contribution in [1.29, 1.82) is 0 Å². The van der Waals surface area contributed by atoms with Crippen LogP contribution in [-0.2, 0) is 9.53 Å². The zero-order valence-corrected chi connectivity index (χ0v) is 16.2. The molecule has 0 aliphatic carbocycles. The summed E-state index contributed by atoms with van der Waals surface area (Å²) in [6, 6.07) is 13.0. The molecule has 1 aliphatic heterocycles. The van der Waals surface area contributed by atoms with E-state index in [9.17, 15) is 4.79 Å². The molecule has 0 atom stereocenters. The van der Waals surface area contributed by atoms with Crippen molar-refractivity contribution in [3.8, 4) is 11.5 Å². The molecule has 1 heterocycles. The maximum Gasteiger partial charge on any atom is 0.247 e. The van der Waals surface area contributed by atoms with E-state index in [-0.39, 0.29) is 5.91 Å². The summed E-state index contributed by atoms with van der Waals surface area (Å²) in [5, 5.41) is 0.643. The summed E-state index contributed by atoms with van der Waals surface area (Å²) in [7, 11) is 3.18. The molecule has 142 valence electrons. The second kappa shape index (κ2) is 8.93. The first-order chi connectivity index (χ1) is 13.1. The summed E-state index contributed by atoms with van der Waals surface area (Å²) < 4.78 is 16.1. The lowest BCUT2D eigenvalue weighted by molar-refractivity contribution is -0.129. The highest BCUT2D eigenvalue weighted by Crippen LogP contribution is 2.33. The van der Waals surface area contributed by atoms with Gasteiger partial charge in [0.2, 0.25) is 5.91 Å². The molecular weight excluding hydrogens is 366 g/mol. The average Bonchev–Trinajstić information content (AvgIpc) is 2.72. The first-order valence-corrected chi connectivity index (χ1v) is 9.07. The van der Waals surface area contributed by atoms with Crippen LogP contribution in [0.1, 0.15) is 11.1 Å². The van der Waals surface area contributed by atoms with Crippen molar-refractivity contribution < 1.29 is 19.0 Å². The zero-order chi connectivity index (χ0) is 19.2. The Hall–Kier alpha value is -2.50. The molecule has 1 amide bonds. The Morgan fingerprint density at radius 3 is 2.26 bits per heavy atom. The van der Waals surface area contributed by atoms with Crippen LogP contribution < -0.4 is 9.47 Å². The van der Waals surface area contributed by atoms with Crippen LogP contribution in [0.25, 0.3) is 5.57 Å². The Kier molecular flexibility index (Phi) is 6.37. The Bertz CT molecular complexity index is 827. The normalized spacial score (nSPS) is 14.8. The number of hydrogen-bond donors (Lipinski definition) is 0. The Balaban J connectivity index is 2.03. The lowest BCUT2D eigenvalue weighted by Crippen LogP contribution is -2.39. The molecule has 1 aliphatic rings. The highest BCUT2D eigenvalue weighted by molar-refractivity contribution is 6.30. The molecule has 6 heteroatoms. The minimum atomic E-state index is -0.0435. The van der Waals surface area contributed by atoms with Crippen molar-refractivity contribution in [3.63, 3.8) is 0 Å². The van der Waals surface area contributed by atoms with E-state index in [2.05, 4.69) is 0 Å². The molecule has 0 aromatic heterocycles. The van der Waals surface area contributed by atoms with E-state index in [1.165, 1.54) is 0 Å². The largest absolute Gasteiger partial charge is 0.493 e. The Morgan fingerprint density at radius 2 is 1.63 bits per heavy atom. The summed E-state index contributed by atoms with van der Waals surface area (Å²) >= 11 is 6.03. The molecule has 27 heavy (non-hydrogen) atoms. The quantitative estimate of drug-likeness (QED) is 0.735. The van der Waals surface area contributed by atoms with Gasteiger partial charge in [0.1, 0.15) is 0 Å². The number of carbonyl (C=O) groups is 1. The number of methoxy groups -OCH3 is 2. The van der Waals surface area contributed by atoms with E-state index < -0.39 is 0 Å². The fourth-order valence-corrected chi connectivity index (χ4v) is 3.09. The molecule has 2 aromatic rings. The standard InChI is InChI=1S/C21H22ClNO4/c1-25-19-8-5-16(13-20(19)26-2)18(15-3-6-17(22)7-4-15)14-21(24)23-9-11-27-12-10-23/h3-8,13-14H,9-12H2,1-2H3/b18-14-. The monoisotopic (exact) mass is 387 g/mol. The second-order valence-electron chi connectivity index (χ2n) is 6.07. The predicted molar refractivity (Wildman–Crippen MR) is 105 cm³/mol. The molecule has 1 fully saturated rings. The van der Waals surface area contributed by atoms with Gasteiger partial charge in [-0.25, -0.2) is 0 Å². The van der Waals surface area contributed by atoms with Gasteiger partial charge >= 0.3 is 0 Å². The third-order valence-corrected chi connectivity index (χ3v) is 4.69. The third kappa shape index (κ3) is 4.62. The highest BCUT2D eigenvalue weighted by Gasteiger charge is 2.17. The maximum absolute atomic E-state index is 12.8. The van der Waals surface area contributed by atoms with Crippen molar-refractivity contribution in [3.05, 3.63) is 64.7 Å². The first-order valence-electron chi connectivity index (χ1n) is 8.69. The number of hydrogen-bond acceptors (Lipinski definition) is 4. The lowest BCUT2D eigenvalue weighted by Gasteiger charge is -2.26. The summed E-state index contributed by atoms with van der Waals surface area (Å²) in [6.45, 7) is 2.31. The zero-order valence-electron chi connectivity index (χ0n) is 15.4. The number of carbonyl (C=O) groups excluding carboxylic acids is 1. The van der Waals surface area contributed by atoms with Gasteiger partial charge in [0, 0.05) is 24.2 Å². The number of amides is 1. The van der Waals surface area contributed by atoms with Gasteiger partial charge in [-0.05, 0) is 41.0 Å². The summed E-state index contributed by atoms with van der Waals surface area (Å²) in [5.41, 5.74) is 2.55. The van der Waals surface area contributed by atoms with Gasteiger partial charge in [0.25, 0.3) is 0 Å². The van der Waals surface area contributed by atoms with Crippen LogP contribution in [0.5, 0.6) is 11.5 Å². The highest BCUT2D eigenvalue weighted by atomic mass is 35.5. The average molecular weight is 388 g/mol. The minimum Gasteiger partial charge on any atom is -0.493 e. The number of nitrogens with zero attached hydrogens (tertiary/aromatic N) is 1. The first kappa shape index (κ1) is 19.3. The predicted octanol–water partition coefficient (Wildman–Crippen LogP) is 3.65. The fraction of sp³-hybridized carbons (Fsp3) is 0.286. The molecular formula is C21H22ClNO4. The molecule has 1 saturated heterocycles. The Morgan fingerprint density at radius 1 is 1.00 bits per heavy atom. The van der Waals surface area contributed by atoms with E-state index >= 15 is 0 Å². The van der Waals surface area contributed by atoms with E-state index in [0.29, 0.717) is 42.8 Å². The third-order valence-electron chi connectivity index (χ3n) is 4.44. The van der Waals surface area contributed by atoms with Crippen LogP contribution in [0.15, 0.2) is 48.5 Å². The summed E-state index contributed by atoms with van der Waals surface area (Å²) in [4.78, 5) is 14.6. The molecule has 0 bridgehead atoms. The van der Waals surface area contributed by atoms with Crippen molar-refractivity contribution in [2.24, 2.45) is 0 Å². The molecule has 0 radical (unpaired) electrons. The van der Waals surface area contributed by atoms with Crippen LogP contribution in [0.3, 0.4) is 0 Å². The topological polar surface area (TPSA) is 48.0 Å². The molecule has 0 N–H and O–H groups in total. The van der Waals surface area contributed by atoms with Crippen LogP contribution >= 0.6 is 11.6 Å². The van der Waals surface area contributed by atoms with Gasteiger partial charge in [-0.15, -0.1) is 0 Å². The van der Waals surface area contributed by atoms with Gasteiger partial charge in [-0.3, -0.25) is 4.79 Å². The SMILES string of the molecule is COc1ccc(/C(=C\C(=O)N2CCOCC2)c2ccc(Cl)cc2)cc1OC. The van der Waals surface area contributed by atoms with Gasteiger partial charge < -0.3 is 19.1 Å². The summed E-state index contributed by atoms with van der Waals surface area (Å²) in [5.74, 6) is 1.20. The van der Waals surface area contributed by atoms with E-state index in [1.54, 1.807) is 25.2 Å². The van der Waals surface area contributed by atoms with E-state index in [0.717, 1.165) is 16.7 Å². The van der Waals surface area contributed by atoms with Crippen molar-refractivity contribution in [1.82, 2.24) is 4.90 Å². The van der Waals surface area contributed by atoms with Gasteiger partial charge in [-0.2, -0.15) is 0 Å². The smallest absolute Gasteiger partial charge is 0.247 e. The number of rotatable bonds is 5. The molecule has 0 spiro atoms. The lowest BCUT2D eigenvalue weighted by atomic mass is 9.96. The van der Waals surface area contributed by atoms with E-state index in [4.69, 9.17) is 25.8 Å². The fourth-order valence-electron chi connectivity index (χ4n) is 2.97. The number of morpholine rings is 1. The van der Waals surface area contributed by atoms with Crippen LogP contribution in [0.2, 0.25) is 5.02 Å². The summed E-state index contributed by atoms with van der Waals surface area (Å²) in [6.07, 6.45) is 1.66. The minimum absolute atomic E-state index is 0.0435.